The summed E-state index contributed by atoms with van der Waals surface area (Å²) in [4.78, 5) is 80.0. The Morgan fingerprint density at radius 3 is 1.96 bits per heavy atom. The van der Waals surface area contributed by atoms with E-state index in [0.717, 1.165) is 0 Å². The zero-order chi connectivity index (χ0) is 43.2. The lowest BCUT2D eigenvalue weighted by atomic mass is 9.78. The molecule has 1 fully saturated rings. The fourth-order valence-electron chi connectivity index (χ4n) is 5.92. The highest BCUT2D eigenvalue weighted by Gasteiger charge is 2.44. The van der Waals surface area contributed by atoms with Crippen LogP contribution in [0.5, 0.6) is 0 Å². The van der Waals surface area contributed by atoms with Crippen molar-refractivity contribution in [1.82, 2.24) is 20.9 Å². The molecule has 0 aliphatic carbocycles. The maximum Gasteiger partial charge on any atom is 0.266 e. The molecule has 1 heterocycles. The van der Waals surface area contributed by atoms with Crippen LogP contribution in [-0.2, 0) is 48.4 Å². The number of aliphatic hydroxyl groups excluding tert-OH is 3. The first-order chi connectivity index (χ1) is 25.7. The second kappa shape index (κ2) is 22.8. The maximum absolute atomic E-state index is 13.7. The topological polar surface area (TPSA) is 275 Å². The Bertz CT molecular complexity index is 1440. The van der Waals surface area contributed by atoms with Crippen LogP contribution in [0.4, 0.5) is 0 Å². The van der Waals surface area contributed by atoms with Gasteiger partial charge in [0, 0.05) is 76.7 Å². The standard InChI is InChI=1S/C37H66N4O14S/c1-22(2)30(40-28(45)14-17-41(18-15-36(3,4)5)29(46)13-12-26(43)38-16-19-56(51,52)53)24(42)20-23(34(50)37(6,7)8)10-11-27(44)39-21-25-31(47)32(48)33(49)35(54-9)55-25/h22-23,25,30-33,35,47-49H,10-21H2,1-9H3,(H,38,43)(H,39,44)(H,40,45)(H,51,52,53)/t23-,25-,30+,31-,32+,33-,35-/m1/s1. The summed E-state index contributed by atoms with van der Waals surface area (Å²) in [6.07, 6.45) is -7.28. The molecule has 0 aromatic heterocycles. The van der Waals surface area contributed by atoms with Crippen molar-refractivity contribution in [3.63, 3.8) is 0 Å². The lowest BCUT2D eigenvalue weighted by molar-refractivity contribution is -0.288. The second-order valence-corrected chi connectivity index (χ2v) is 18.5. The molecule has 1 aliphatic heterocycles. The Labute approximate surface area is 330 Å². The molecular formula is C37H66N4O14S. The lowest BCUT2D eigenvalue weighted by Gasteiger charge is -2.39. The number of hydrogen-bond donors (Lipinski definition) is 7. The third kappa shape index (κ3) is 18.9. The van der Waals surface area contributed by atoms with Crippen molar-refractivity contribution in [2.24, 2.45) is 22.7 Å². The third-order valence-electron chi connectivity index (χ3n) is 9.35. The fraction of sp³-hybridized carbons (Fsp3) is 0.838. The van der Waals surface area contributed by atoms with E-state index in [1.807, 2.05) is 20.8 Å². The van der Waals surface area contributed by atoms with Gasteiger partial charge in [0.1, 0.15) is 30.2 Å². The Balaban J connectivity index is 2.92. The van der Waals surface area contributed by atoms with E-state index in [-0.39, 0.29) is 75.3 Å². The first kappa shape index (κ1) is 50.9. The Morgan fingerprint density at radius 1 is 0.821 bits per heavy atom. The SMILES string of the molecule is CO[C@@H]1O[C@H](CNC(=O)CC[C@H](CC(=O)[C@@H](NC(=O)CCN(CCC(C)(C)C)C(=O)CCC(=O)NCCS(=O)(=O)O)C(C)C)C(=O)C(C)(C)C)[C@@H](O)[C@H](O)[C@H]1O. The van der Waals surface area contributed by atoms with Crippen molar-refractivity contribution in [2.75, 3.05) is 39.0 Å². The monoisotopic (exact) mass is 822 g/mol. The highest BCUT2D eigenvalue weighted by Crippen LogP contribution is 2.27. The van der Waals surface area contributed by atoms with E-state index in [2.05, 4.69) is 16.0 Å². The summed E-state index contributed by atoms with van der Waals surface area (Å²) in [7, 11) is -3.01. The molecule has 0 unspecified atom stereocenters. The molecule has 1 saturated heterocycles. The number of amides is 4. The molecule has 7 N–H and O–H groups in total. The Morgan fingerprint density at radius 2 is 1.43 bits per heavy atom. The molecule has 324 valence electrons. The van der Waals surface area contributed by atoms with Crippen molar-refractivity contribution in [2.45, 2.75) is 137 Å². The number of Topliss-reactive ketones (excluding diaryl/α,β-unsaturated/α-hetero) is 2. The van der Waals surface area contributed by atoms with Gasteiger partial charge < -0.3 is 45.6 Å². The summed E-state index contributed by atoms with van der Waals surface area (Å²) in [5, 5.41) is 38.0. The number of methoxy groups -OCH3 is 1. The average Bonchev–Trinajstić information content (AvgIpc) is 3.07. The maximum atomic E-state index is 13.7. The van der Waals surface area contributed by atoms with Gasteiger partial charge in [0.05, 0.1) is 11.8 Å². The first-order valence-electron chi connectivity index (χ1n) is 19.0. The highest BCUT2D eigenvalue weighted by molar-refractivity contribution is 7.85. The Hall–Kier alpha value is -3.07. The van der Waals surface area contributed by atoms with Gasteiger partial charge in [0.25, 0.3) is 10.1 Å². The number of nitrogens with one attached hydrogen (secondary N) is 3. The van der Waals surface area contributed by atoms with Crippen LogP contribution in [0.15, 0.2) is 0 Å². The normalized spacial score (nSPS) is 21.5. The summed E-state index contributed by atoms with van der Waals surface area (Å²) < 4.78 is 41.0. The van der Waals surface area contributed by atoms with Gasteiger partial charge in [0.2, 0.25) is 23.6 Å². The number of nitrogens with zero attached hydrogens (tertiary/aromatic N) is 1. The van der Waals surface area contributed by atoms with Crippen LogP contribution in [0.3, 0.4) is 0 Å². The van der Waals surface area contributed by atoms with Gasteiger partial charge in [-0.1, -0.05) is 55.4 Å². The first-order valence-corrected chi connectivity index (χ1v) is 20.6. The predicted molar refractivity (Wildman–Crippen MR) is 204 cm³/mol. The van der Waals surface area contributed by atoms with Crippen LogP contribution in [0.1, 0.15) is 100 Å². The van der Waals surface area contributed by atoms with Crippen LogP contribution in [0.2, 0.25) is 0 Å². The smallest absolute Gasteiger partial charge is 0.266 e. The number of hydrogen-bond acceptors (Lipinski definition) is 13. The van der Waals surface area contributed by atoms with E-state index in [0.29, 0.717) is 13.0 Å². The molecule has 1 aliphatic rings. The number of aliphatic hydroxyl groups is 3. The number of carbonyl (C=O) groups excluding carboxylic acids is 6. The average molecular weight is 823 g/mol. The molecule has 56 heavy (non-hydrogen) atoms. The van der Waals surface area contributed by atoms with Gasteiger partial charge in [-0.2, -0.15) is 8.42 Å². The molecule has 0 radical (unpaired) electrons. The largest absolute Gasteiger partial charge is 0.388 e. The van der Waals surface area contributed by atoms with E-state index in [1.165, 1.54) is 12.0 Å². The molecule has 0 aromatic carbocycles. The third-order valence-corrected chi connectivity index (χ3v) is 10.1. The number of ether oxygens (including phenoxy) is 2. The molecular weight excluding hydrogens is 756 g/mol. The zero-order valence-corrected chi connectivity index (χ0v) is 35.1. The van der Waals surface area contributed by atoms with Crippen LogP contribution < -0.4 is 16.0 Å². The van der Waals surface area contributed by atoms with Crippen LogP contribution in [-0.4, -0.2) is 144 Å². The highest BCUT2D eigenvalue weighted by atomic mass is 32.2. The van der Waals surface area contributed by atoms with Crippen molar-refractivity contribution < 1.29 is 66.5 Å². The summed E-state index contributed by atoms with van der Waals surface area (Å²) in [6, 6.07) is -0.975. The molecule has 18 nitrogen and oxygen atoms in total. The quantitative estimate of drug-likeness (QED) is 0.0675. The van der Waals surface area contributed by atoms with Crippen LogP contribution in [0, 0.1) is 22.7 Å². The lowest BCUT2D eigenvalue weighted by Crippen LogP contribution is -2.60. The molecule has 0 aromatic rings. The summed E-state index contributed by atoms with van der Waals surface area (Å²) in [5.74, 6) is -4.54. The van der Waals surface area contributed by atoms with E-state index in [4.69, 9.17) is 14.0 Å². The molecule has 1 rings (SSSR count). The molecule has 0 spiro atoms. The van der Waals surface area contributed by atoms with Gasteiger partial charge in [-0.05, 0) is 24.2 Å². The van der Waals surface area contributed by atoms with Crippen molar-refractivity contribution in [3.8, 4) is 0 Å². The van der Waals surface area contributed by atoms with Gasteiger partial charge in [-0.15, -0.1) is 0 Å². The molecule has 4 amide bonds. The summed E-state index contributed by atoms with van der Waals surface area (Å²) in [5.41, 5.74) is -1.01. The minimum atomic E-state index is -4.26. The zero-order valence-electron chi connectivity index (χ0n) is 34.3. The van der Waals surface area contributed by atoms with E-state index >= 15 is 0 Å². The van der Waals surface area contributed by atoms with Crippen molar-refractivity contribution in [3.05, 3.63) is 0 Å². The Kier molecular flexibility index (Phi) is 20.7. The van der Waals surface area contributed by atoms with Crippen LogP contribution >= 0.6 is 0 Å². The van der Waals surface area contributed by atoms with E-state index in [1.54, 1.807) is 34.6 Å². The summed E-state index contributed by atoms with van der Waals surface area (Å²) >= 11 is 0. The van der Waals surface area contributed by atoms with Crippen LogP contribution in [0.25, 0.3) is 0 Å². The molecule has 7 atom stereocenters. The van der Waals surface area contributed by atoms with Gasteiger partial charge in [-0.3, -0.25) is 33.3 Å². The number of carbonyl (C=O) groups is 6. The minimum absolute atomic E-state index is 0.00103. The fourth-order valence-corrected chi connectivity index (χ4v) is 6.28. The number of rotatable bonds is 23. The molecule has 19 heteroatoms. The van der Waals surface area contributed by atoms with Crippen molar-refractivity contribution in [1.29, 1.82) is 0 Å². The molecule has 0 bridgehead atoms. The van der Waals surface area contributed by atoms with E-state index < -0.39 is 93.4 Å². The summed E-state index contributed by atoms with van der Waals surface area (Å²) in [6.45, 7) is 14.3. The van der Waals surface area contributed by atoms with Gasteiger partial charge >= 0.3 is 0 Å². The minimum Gasteiger partial charge on any atom is -0.388 e. The van der Waals surface area contributed by atoms with E-state index in [9.17, 15) is 52.5 Å². The van der Waals surface area contributed by atoms with Crippen molar-refractivity contribution >= 4 is 45.3 Å². The molecule has 0 saturated carbocycles. The number of ketones is 2. The predicted octanol–water partition coefficient (Wildman–Crippen LogP) is 0.107. The second-order valence-electron chi connectivity index (χ2n) is 16.9. The van der Waals surface area contributed by atoms with Gasteiger partial charge in [0.15, 0.2) is 12.1 Å². The van der Waals surface area contributed by atoms with Gasteiger partial charge in [-0.25, -0.2) is 0 Å².